The molecule has 0 atom stereocenters. The highest BCUT2D eigenvalue weighted by atomic mass is 15.0. The highest BCUT2D eigenvalue weighted by Crippen LogP contribution is 2.42. The van der Waals surface area contributed by atoms with E-state index in [4.69, 9.17) is 0 Å². The van der Waals surface area contributed by atoms with E-state index in [1.807, 2.05) is 0 Å². The zero-order valence-corrected chi connectivity index (χ0v) is 26.2. The van der Waals surface area contributed by atoms with Gasteiger partial charge in [0.05, 0.1) is 22.2 Å². The van der Waals surface area contributed by atoms with Crippen LogP contribution in [0.15, 0.2) is 182 Å². The second-order valence-corrected chi connectivity index (χ2v) is 12.6. The van der Waals surface area contributed by atoms with Gasteiger partial charge in [0, 0.05) is 27.5 Å². The topological polar surface area (TPSA) is 9.86 Å². The van der Waals surface area contributed by atoms with Gasteiger partial charge in [-0.25, -0.2) is 0 Å². The summed E-state index contributed by atoms with van der Waals surface area (Å²) in [5.74, 6) is 0. The summed E-state index contributed by atoms with van der Waals surface area (Å²) in [5, 5.41) is 8.83. The lowest BCUT2D eigenvalue weighted by Crippen LogP contribution is -2.00. The van der Waals surface area contributed by atoms with E-state index >= 15 is 0 Å². The number of para-hydroxylation sites is 2. The standard InChI is InChI=1S/C46H30N2/c1-3-13-32(14-4-1)44-30-34-25-28-41-40-21-11-12-22-43(40)47(46(41)45(34)48(44)35-16-5-2-6-17-35)36-26-23-31(24-27-36)42-29-33-15-7-8-18-37(33)38-19-9-10-20-39(38)42/h1-30H. The molecule has 0 aliphatic rings. The van der Waals surface area contributed by atoms with Gasteiger partial charge in [0.15, 0.2) is 0 Å². The van der Waals surface area contributed by atoms with E-state index in [0.717, 1.165) is 11.4 Å². The van der Waals surface area contributed by atoms with E-state index < -0.39 is 0 Å². The van der Waals surface area contributed by atoms with Gasteiger partial charge >= 0.3 is 0 Å². The van der Waals surface area contributed by atoms with Crippen LogP contribution >= 0.6 is 0 Å². The Morgan fingerprint density at radius 3 is 1.73 bits per heavy atom. The first kappa shape index (κ1) is 26.8. The van der Waals surface area contributed by atoms with Crippen LogP contribution in [0.4, 0.5) is 0 Å². The lowest BCUT2D eigenvalue weighted by Gasteiger charge is -2.15. The van der Waals surface area contributed by atoms with Crippen LogP contribution in [0.25, 0.3) is 88.0 Å². The molecule has 10 aromatic rings. The summed E-state index contributed by atoms with van der Waals surface area (Å²) in [5.41, 5.74) is 10.8. The third-order valence-electron chi connectivity index (χ3n) is 9.89. The number of nitrogens with zero attached hydrogens (tertiary/aromatic N) is 2. The van der Waals surface area contributed by atoms with Crippen molar-refractivity contribution in [3.63, 3.8) is 0 Å². The normalized spacial score (nSPS) is 11.8. The van der Waals surface area contributed by atoms with Crippen LogP contribution in [0.3, 0.4) is 0 Å². The molecule has 0 aliphatic heterocycles. The maximum Gasteiger partial charge on any atom is 0.0788 e. The van der Waals surface area contributed by atoms with Crippen molar-refractivity contribution in [3.05, 3.63) is 182 Å². The summed E-state index contributed by atoms with van der Waals surface area (Å²) in [7, 11) is 0. The molecule has 10 rings (SSSR count). The molecule has 0 N–H and O–H groups in total. The molecule has 2 aromatic heterocycles. The molecule has 48 heavy (non-hydrogen) atoms. The highest BCUT2D eigenvalue weighted by Gasteiger charge is 2.21. The van der Waals surface area contributed by atoms with Crippen molar-refractivity contribution in [1.29, 1.82) is 0 Å². The summed E-state index contributed by atoms with van der Waals surface area (Å²) >= 11 is 0. The van der Waals surface area contributed by atoms with Gasteiger partial charge in [-0.15, -0.1) is 0 Å². The second-order valence-electron chi connectivity index (χ2n) is 12.6. The fourth-order valence-corrected chi connectivity index (χ4v) is 7.76. The number of hydrogen-bond acceptors (Lipinski definition) is 0. The lowest BCUT2D eigenvalue weighted by atomic mass is 9.93. The molecule has 0 unspecified atom stereocenters. The zero-order chi connectivity index (χ0) is 31.6. The molecule has 0 saturated heterocycles. The molecule has 0 radical (unpaired) electrons. The molecule has 2 heteroatoms. The summed E-state index contributed by atoms with van der Waals surface area (Å²) in [4.78, 5) is 0. The van der Waals surface area contributed by atoms with Crippen LogP contribution in [0.5, 0.6) is 0 Å². The average molecular weight is 611 g/mol. The first-order valence-corrected chi connectivity index (χ1v) is 16.5. The van der Waals surface area contributed by atoms with Gasteiger partial charge in [-0.3, -0.25) is 0 Å². The number of rotatable bonds is 4. The maximum atomic E-state index is 2.46. The highest BCUT2D eigenvalue weighted by molar-refractivity contribution is 6.19. The molecule has 0 saturated carbocycles. The minimum atomic E-state index is 1.14. The molecule has 0 bridgehead atoms. The largest absolute Gasteiger partial charge is 0.307 e. The Labute approximate surface area is 278 Å². The molecule has 8 aromatic carbocycles. The van der Waals surface area contributed by atoms with Crippen molar-refractivity contribution in [2.75, 3.05) is 0 Å². The molecule has 0 fully saturated rings. The molecule has 224 valence electrons. The predicted octanol–water partition coefficient (Wildman–Crippen LogP) is 12.4. The van der Waals surface area contributed by atoms with E-state index in [1.54, 1.807) is 0 Å². The SMILES string of the molecule is c1ccc(-c2cc3ccc4c5ccccc5n(-c5ccc(-c6cc7ccccc7c7ccccc67)cc5)c4c3n2-c2ccccc2)cc1. The van der Waals surface area contributed by atoms with Crippen molar-refractivity contribution < 1.29 is 0 Å². The van der Waals surface area contributed by atoms with Gasteiger partial charge in [0.25, 0.3) is 0 Å². The number of aromatic nitrogens is 2. The van der Waals surface area contributed by atoms with Crippen molar-refractivity contribution in [3.8, 4) is 33.8 Å². The van der Waals surface area contributed by atoms with Gasteiger partial charge < -0.3 is 9.13 Å². The Morgan fingerprint density at radius 2 is 0.938 bits per heavy atom. The van der Waals surface area contributed by atoms with Crippen LogP contribution < -0.4 is 0 Å². The number of hydrogen-bond donors (Lipinski definition) is 0. The first-order chi connectivity index (χ1) is 23.8. The van der Waals surface area contributed by atoms with Crippen LogP contribution in [-0.2, 0) is 0 Å². The Bertz CT molecular complexity index is 2800. The monoisotopic (exact) mass is 610 g/mol. The molecule has 2 heterocycles. The Kier molecular flexibility index (Phi) is 5.91. The van der Waals surface area contributed by atoms with Crippen molar-refractivity contribution in [1.82, 2.24) is 9.13 Å². The van der Waals surface area contributed by atoms with Gasteiger partial charge in [-0.2, -0.15) is 0 Å². The third kappa shape index (κ3) is 4.00. The summed E-state index contributed by atoms with van der Waals surface area (Å²) < 4.78 is 4.90. The van der Waals surface area contributed by atoms with E-state index in [9.17, 15) is 0 Å². The fraction of sp³-hybridized carbons (Fsp3) is 0. The van der Waals surface area contributed by atoms with Crippen molar-refractivity contribution in [2.24, 2.45) is 0 Å². The zero-order valence-electron chi connectivity index (χ0n) is 26.2. The summed E-state index contributed by atoms with van der Waals surface area (Å²) in [6, 6.07) is 66.2. The minimum Gasteiger partial charge on any atom is -0.307 e. The van der Waals surface area contributed by atoms with Crippen LogP contribution in [0.1, 0.15) is 0 Å². The summed E-state index contributed by atoms with van der Waals surface area (Å²) in [6.07, 6.45) is 0. The maximum absolute atomic E-state index is 2.46. The Balaban J connectivity index is 1.26. The van der Waals surface area contributed by atoms with E-state index in [0.29, 0.717) is 0 Å². The number of fused-ring (bicyclic) bond motifs is 8. The van der Waals surface area contributed by atoms with Crippen LogP contribution in [-0.4, -0.2) is 9.13 Å². The molecule has 2 nitrogen and oxygen atoms in total. The van der Waals surface area contributed by atoms with E-state index in [2.05, 4.69) is 191 Å². The van der Waals surface area contributed by atoms with Gasteiger partial charge in [0.1, 0.15) is 0 Å². The first-order valence-electron chi connectivity index (χ1n) is 16.5. The molecular formula is C46H30N2. The smallest absolute Gasteiger partial charge is 0.0788 e. The molecular weight excluding hydrogens is 581 g/mol. The van der Waals surface area contributed by atoms with E-state index in [1.165, 1.54) is 76.6 Å². The second kappa shape index (κ2) is 10.6. The fourth-order valence-electron chi connectivity index (χ4n) is 7.76. The number of benzene rings is 8. The van der Waals surface area contributed by atoms with Crippen LogP contribution in [0, 0.1) is 0 Å². The predicted molar refractivity (Wildman–Crippen MR) is 203 cm³/mol. The van der Waals surface area contributed by atoms with Gasteiger partial charge in [-0.1, -0.05) is 140 Å². The van der Waals surface area contributed by atoms with Crippen LogP contribution in [0.2, 0.25) is 0 Å². The van der Waals surface area contributed by atoms with E-state index in [-0.39, 0.29) is 0 Å². The minimum absolute atomic E-state index is 1.14. The third-order valence-corrected chi connectivity index (χ3v) is 9.89. The van der Waals surface area contributed by atoms with Crippen molar-refractivity contribution in [2.45, 2.75) is 0 Å². The Morgan fingerprint density at radius 1 is 0.312 bits per heavy atom. The average Bonchev–Trinajstić information content (AvgIpc) is 3.72. The van der Waals surface area contributed by atoms with Gasteiger partial charge in [0.2, 0.25) is 0 Å². The Hall–Kier alpha value is -6.38. The molecule has 0 amide bonds. The molecule has 0 aliphatic carbocycles. The lowest BCUT2D eigenvalue weighted by molar-refractivity contribution is 1.12. The van der Waals surface area contributed by atoms with Crippen molar-refractivity contribution >= 4 is 54.3 Å². The summed E-state index contributed by atoms with van der Waals surface area (Å²) in [6.45, 7) is 0. The van der Waals surface area contributed by atoms with Gasteiger partial charge in [-0.05, 0) is 80.7 Å². The molecule has 0 spiro atoms. The quantitative estimate of drug-likeness (QED) is 0.175.